The minimum absolute atomic E-state index is 0.0162. The van der Waals surface area contributed by atoms with Crippen molar-refractivity contribution in [3.63, 3.8) is 0 Å². The molecule has 116 valence electrons. The molecule has 0 radical (unpaired) electrons. The number of nitrogens with one attached hydrogen (secondary N) is 1. The number of hydrogen-bond acceptors (Lipinski definition) is 3. The number of halogens is 1. The first-order valence-corrected chi connectivity index (χ1v) is 7.90. The van der Waals surface area contributed by atoms with Crippen LogP contribution in [0.4, 0.5) is 0 Å². The Kier molecular flexibility index (Phi) is 6.03. The van der Waals surface area contributed by atoms with Gasteiger partial charge in [-0.15, -0.1) is 0 Å². The van der Waals surface area contributed by atoms with Crippen molar-refractivity contribution in [1.29, 1.82) is 0 Å². The molecule has 0 bridgehead atoms. The Hall–Kier alpha value is -1.10. The summed E-state index contributed by atoms with van der Waals surface area (Å²) >= 11 is 6.09. The Morgan fingerprint density at radius 3 is 2.71 bits per heavy atom. The van der Waals surface area contributed by atoms with Crippen molar-refractivity contribution in [1.82, 2.24) is 10.2 Å². The number of carbonyl (C=O) groups excluding carboxylic acids is 1. The summed E-state index contributed by atoms with van der Waals surface area (Å²) in [4.78, 5) is 14.3. The first-order valence-electron chi connectivity index (χ1n) is 7.52. The molecule has 4 nitrogen and oxygen atoms in total. The van der Waals surface area contributed by atoms with Crippen LogP contribution in [0.2, 0.25) is 5.02 Å². The van der Waals surface area contributed by atoms with Gasteiger partial charge in [0.1, 0.15) is 0 Å². The van der Waals surface area contributed by atoms with Crippen molar-refractivity contribution in [2.75, 3.05) is 19.7 Å². The van der Waals surface area contributed by atoms with Crippen molar-refractivity contribution in [2.24, 2.45) is 0 Å². The highest BCUT2D eigenvalue weighted by Gasteiger charge is 2.25. The van der Waals surface area contributed by atoms with E-state index in [9.17, 15) is 4.79 Å². The van der Waals surface area contributed by atoms with Crippen LogP contribution in [0.5, 0.6) is 0 Å². The van der Waals surface area contributed by atoms with Crippen LogP contribution < -0.4 is 5.32 Å². The van der Waals surface area contributed by atoms with E-state index in [2.05, 4.69) is 12.2 Å². The lowest BCUT2D eigenvalue weighted by atomic mass is 10.0. The van der Waals surface area contributed by atoms with Gasteiger partial charge in [0, 0.05) is 31.8 Å². The quantitative estimate of drug-likeness (QED) is 0.877. The molecule has 1 atom stereocenters. The molecule has 1 aromatic carbocycles. The molecule has 2 rings (SSSR count). The average molecular weight is 311 g/mol. The molecule has 1 saturated heterocycles. The summed E-state index contributed by atoms with van der Waals surface area (Å²) in [6.45, 7) is 3.77. The third-order valence-corrected chi connectivity index (χ3v) is 4.30. The number of hydrogen-bond donors (Lipinski definition) is 2. The highest BCUT2D eigenvalue weighted by Crippen LogP contribution is 2.20. The van der Waals surface area contributed by atoms with Gasteiger partial charge in [-0.2, -0.15) is 0 Å². The van der Waals surface area contributed by atoms with E-state index < -0.39 is 0 Å². The average Bonchev–Trinajstić information content (AvgIpc) is 2.48. The Labute approximate surface area is 131 Å². The van der Waals surface area contributed by atoms with E-state index in [0.717, 1.165) is 32.4 Å². The van der Waals surface area contributed by atoms with Crippen LogP contribution >= 0.6 is 11.6 Å². The summed E-state index contributed by atoms with van der Waals surface area (Å²) < 4.78 is 0. The van der Waals surface area contributed by atoms with E-state index in [1.807, 2.05) is 17.0 Å². The third kappa shape index (κ3) is 4.43. The summed E-state index contributed by atoms with van der Waals surface area (Å²) in [5.41, 5.74) is 0.583. The van der Waals surface area contributed by atoms with Gasteiger partial charge < -0.3 is 15.3 Å². The van der Waals surface area contributed by atoms with E-state index in [4.69, 9.17) is 16.7 Å². The third-order valence-electron chi connectivity index (χ3n) is 3.97. The highest BCUT2D eigenvalue weighted by molar-refractivity contribution is 6.33. The molecule has 0 aliphatic carbocycles. The van der Waals surface area contributed by atoms with Gasteiger partial charge in [0.25, 0.3) is 5.91 Å². The van der Waals surface area contributed by atoms with Crippen LogP contribution in [0.15, 0.2) is 24.3 Å². The van der Waals surface area contributed by atoms with Crippen LogP contribution in [0, 0.1) is 0 Å². The highest BCUT2D eigenvalue weighted by atomic mass is 35.5. The van der Waals surface area contributed by atoms with Gasteiger partial charge in [-0.05, 0) is 38.3 Å². The fourth-order valence-electron chi connectivity index (χ4n) is 2.73. The van der Waals surface area contributed by atoms with E-state index in [1.54, 1.807) is 12.1 Å². The molecule has 0 unspecified atom stereocenters. The SMILES string of the molecule is C[C@H](CCO)NC1CCN(C(=O)c2ccccc2Cl)CC1. The topological polar surface area (TPSA) is 52.6 Å². The van der Waals surface area contributed by atoms with Gasteiger partial charge in [0.15, 0.2) is 0 Å². The second-order valence-corrected chi connectivity index (χ2v) is 6.03. The maximum atomic E-state index is 12.4. The van der Waals surface area contributed by atoms with Crippen molar-refractivity contribution < 1.29 is 9.90 Å². The zero-order chi connectivity index (χ0) is 15.2. The lowest BCUT2D eigenvalue weighted by molar-refractivity contribution is 0.0701. The molecule has 1 amide bonds. The maximum absolute atomic E-state index is 12.4. The smallest absolute Gasteiger partial charge is 0.255 e. The van der Waals surface area contributed by atoms with Crippen LogP contribution in [-0.2, 0) is 0 Å². The lowest BCUT2D eigenvalue weighted by Crippen LogP contribution is -2.47. The van der Waals surface area contributed by atoms with Crippen molar-refractivity contribution in [2.45, 2.75) is 38.3 Å². The number of aliphatic hydroxyl groups is 1. The summed E-state index contributed by atoms with van der Waals surface area (Å²) in [6.07, 6.45) is 2.64. The fourth-order valence-corrected chi connectivity index (χ4v) is 2.95. The van der Waals surface area contributed by atoms with Crippen LogP contribution in [0.1, 0.15) is 36.5 Å². The van der Waals surface area contributed by atoms with Crippen LogP contribution in [-0.4, -0.2) is 47.7 Å². The monoisotopic (exact) mass is 310 g/mol. The fraction of sp³-hybridized carbons (Fsp3) is 0.562. The summed E-state index contributed by atoms with van der Waals surface area (Å²) in [5, 5.41) is 12.9. The predicted octanol–water partition coefficient (Wildman–Crippen LogP) is 2.31. The van der Waals surface area contributed by atoms with Gasteiger partial charge in [-0.25, -0.2) is 0 Å². The van der Waals surface area contributed by atoms with E-state index >= 15 is 0 Å². The molecule has 1 aliphatic rings. The van der Waals surface area contributed by atoms with Crippen LogP contribution in [0.3, 0.4) is 0 Å². The number of benzene rings is 1. The number of aliphatic hydroxyl groups excluding tert-OH is 1. The minimum Gasteiger partial charge on any atom is -0.396 e. The Morgan fingerprint density at radius 2 is 2.10 bits per heavy atom. The second kappa shape index (κ2) is 7.78. The standard InChI is InChI=1S/C16H23ClN2O2/c1-12(8-11-20)18-13-6-9-19(10-7-13)16(21)14-4-2-3-5-15(14)17/h2-5,12-13,18,20H,6-11H2,1H3/t12-/m1/s1. The second-order valence-electron chi connectivity index (χ2n) is 5.63. The summed E-state index contributed by atoms with van der Waals surface area (Å²) in [6, 6.07) is 7.92. The zero-order valence-corrected chi connectivity index (χ0v) is 13.1. The normalized spacial score (nSPS) is 17.8. The first kappa shape index (κ1) is 16.3. The summed E-state index contributed by atoms with van der Waals surface area (Å²) in [5.74, 6) is 0.0162. The predicted molar refractivity (Wildman–Crippen MR) is 84.7 cm³/mol. The first-order chi connectivity index (χ1) is 10.1. The zero-order valence-electron chi connectivity index (χ0n) is 12.4. The number of likely N-dealkylation sites (tertiary alicyclic amines) is 1. The molecule has 1 aliphatic heterocycles. The van der Waals surface area contributed by atoms with Gasteiger partial charge in [-0.3, -0.25) is 4.79 Å². The van der Waals surface area contributed by atoms with Crippen molar-refractivity contribution in [3.05, 3.63) is 34.9 Å². The Balaban J connectivity index is 1.86. The molecule has 0 saturated carbocycles. The van der Waals surface area contributed by atoms with E-state index in [0.29, 0.717) is 22.7 Å². The Morgan fingerprint density at radius 1 is 1.43 bits per heavy atom. The van der Waals surface area contributed by atoms with Gasteiger partial charge in [0.2, 0.25) is 0 Å². The molecule has 21 heavy (non-hydrogen) atoms. The van der Waals surface area contributed by atoms with E-state index in [1.165, 1.54) is 0 Å². The molecule has 1 fully saturated rings. The minimum atomic E-state index is 0.0162. The van der Waals surface area contributed by atoms with Crippen LogP contribution in [0.25, 0.3) is 0 Å². The van der Waals surface area contributed by atoms with Gasteiger partial charge in [0.05, 0.1) is 10.6 Å². The summed E-state index contributed by atoms with van der Waals surface area (Å²) in [7, 11) is 0. The lowest BCUT2D eigenvalue weighted by Gasteiger charge is -2.34. The molecule has 0 aromatic heterocycles. The number of rotatable bonds is 5. The van der Waals surface area contributed by atoms with Crippen molar-refractivity contribution in [3.8, 4) is 0 Å². The van der Waals surface area contributed by atoms with Crippen molar-refractivity contribution >= 4 is 17.5 Å². The molecule has 2 N–H and O–H groups in total. The Bertz CT molecular complexity index is 473. The number of piperidine rings is 1. The molecular weight excluding hydrogens is 288 g/mol. The molecule has 0 spiro atoms. The van der Waals surface area contributed by atoms with Gasteiger partial charge in [-0.1, -0.05) is 23.7 Å². The van der Waals surface area contributed by atoms with E-state index in [-0.39, 0.29) is 12.5 Å². The number of nitrogens with zero attached hydrogens (tertiary/aromatic N) is 1. The number of carbonyl (C=O) groups is 1. The molecular formula is C16H23ClN2O2. The maximum Gasteiger partial charge on any atom is 0.255 e. The molecule has 5 heteroatoms. The molecule has 1 aromatic rings. The number of amides is 1. The van der Waals surface area contributed by atoms with Gasteiger partial charge >= 0.3 is 0 Å². The largest absolute Gasteiger partial charge is 0.396 e. The molecule has 1 heterocycles.